The molecule has 2 rings (SSSR count). The summed E-state index contributed by atoms with van der Waals surface area (Å²) in [7, 11) is 0. The molecule has 1 aromatic carbocycles. The minimum Gasteiger partial charge on any atom is -0.356 e. The second-order valence-electron chi connectivity index (χ2n) is 5.63. The smallest absolute Gasteiger partial charge is 0.223 e. The number of benzene rings is 1. The van der Waals surface area contributed by atoms with Gasteiger partial charge < -0.3 is 10.6 Å². The van der Waals surface area contributed by atoms with Crippen molar-refractivity contribution in [3.63, 3.8) is 0 Å². The summed E-state index contributed by atoms with van der Waals surface area (Å²) < 4.78 is 26.0. The Balaban J connectivity index is 1.69. The Morgan fingerprint density at radius 2 is 2.00 bits per heavy atom. The number of carbonyl (C=O) groups is 2. The molecule has 0 aliphatic heterocycles. The second-order valence-corrected chi connectivity index (χ2v) is 5.63. The zero-order valence-electron chi connectivity index (χ0n) is 12.5. The lowest BCUT2D eigenvalue weighted by Gasteiger charge is -2.14. The van der Waals surface area contributed by atoms with Gasteiger partial charge in [-0.15, -0.1) is 0 Å². The van der Waals surface area contributed by atoms with Crippen LogP contribution in [0.1, 0.15) is 44.2 Å². The molecule has 4 nitrogen and oxygen atoms in total. The molecule has 0 radical (unpaired) electrons. The van der Waals surface area contributed by atoms with Crippen LogP contribution in [0.2, 0.25) is 0 Å². The van der Waals surface area contributed by atoms with Crippen molar-refractivity contribution >= 4 is 11.8 Å². The van der Waals surface area contributed by atoms with Gasteiger partial charge >= 0.3 is 0 Å². The highest BCUT2D eigenvalue weighted by Crippen LogP contribution is 2.28. The standard InChI is InChI=1S/C16H20F2N2O2/c1-10(12-6-7-13(17)14(18)9-12)20-15(21)3-2-8-19-16(22)11-4-5-11/h6-7,9-11H,2-5,8H2,1H3,(H,19,22)(H,20,21)/t10-/m0/s1. The summed E-state index contributed by atoms with van der Waals surface area (Å²) in [6.07, 6.45) is 2.74. The Hall–Kier alpha value is -1.98. The van der Waals surface area contributed by atoms with Crippen molar-refractivity contribution in [2.45, 2.75) is 38.6 Å². The fraction of sp³-hybridized carbons (Fsp3) is 0.500. The van der Waals surface area contributed by atoms with Crippen molar-refractivity contribution in [1.29, 1.82) is 0 Å². The van der Waals surface area contributed by atoms with Gasteiger partial charge in [0.1, 0.15) is 0 Å². The van der Waals surface area contributed by atoms with Gasteiger partial charge in [-0.05, 0) is 43.9 Å². The average molecular weight is 310 g/mol. The molecule has 0 aromatic heterocycles. The summed E-state index contributed by atoms with van der Waals surface area (Å²) in [5.74, 6) is -1.79. The molecular weight excluding hydrogens is 290 g/mol. The molecule has 1 fully saturated rings. The Morgan fingerprint density at radius 1 is 1.27 bits per heavy atom. The Kier molecular flexibility index (Phi) is 5.46. The van der Waals surface area contributed by atoms with E-state index in [1.54, 1.807) is 6.92 Å². The molecule has 1 atom stereocenters. The highest BCUT2D eigenvalue weighted by atomic mass is 19.2. The molecular formula is C16H20F2N2O2. The summed E-state index contributed by atoms with van der Waals surface area (Å²) in [6, 6.07) is 3.17. The Morgan fingerprint density at radius 3 is 2.64 bits per heavy atom. The van der Waals surface area contributed by atoms with E-state index in [-0.39, 0.29) is 24.2 Å². The molecule has 0 spiro atoms. The van der Waals surface area contributed by atoms with Crippen LogP contribution in [0.15, 0.2) is 18.2 Å². The van der Waals surface area contributed by atoms with Gasteiger partial charge in [0.2, 0.25) is 11.8 Å². The molecule has 0 unspecified atom stereocenters. The zero-order valence-corrected chi connectivity index (χ0v) is 12.5. The van der Waals surface area contributed by atoms with Crippen LogP contribution < -0.4 is 10.6 Å². The zero-order chi connectivity index (χ0) is 16.1. The van der Waals surface area contributed by atoms with Crippen LogP contribution in [0.3, 0.4) is 0 Å². The molecule has 2 N–H and O–H groups in total. The van der Waals surface area contributed by atoms with Crippen molar-refractivity contribution in [1.82, 2.24) is 10.6 Å². The van der Waals surface area contributed by atoms with Crippen molar-refractivity contribution in [2.75, 3.05) is 6.54 Å². The number of nitrogens with one attached hydrogen (secondary N) is 2. The van der Waals surface area contributed by atoms with Crippen LogP contribution in [0.5, 0.6) is 0 Å². The maximum atomic E-state index is 13.1. The van der Waals surface area contributed by atoms with Crippen LogP contribution >= 0.6 is 0 Å². The molecule has 0 saturated heterocycles. The van der Waals surface area contributed by atoms with E-state index in [9.17, 15) is 18.4 Å². The fourth-order valence-electron chi connectivity index (χ4n) is 2.13. The highest BCUT2D eigenvalue weighted by molar-refractivity contribution is 5.81. The monoisotopic (exact) mass is 310 g/mol. The number of rotatable bonds is 7. The number of amides is 2. The maximum absolute atomic E-state index is 13.1. The van der Waals surface area contributed by atoms with Gasteiger partial charge in [0.05, 0.1) is 6.04 Å². The predicted octanol–water partition coefficient (Wildman–Crippen LogP) is 2.45. The average Bonchev–Trinajstić information content (AvgIpc) is 3.30. The molecule has 1 saturated carbocycles. The van der Waals surface area contributed by atoms with E-state index < -0.39 is 17.7 Å². The molecule has 1 aliphatic carbocycles. The lowest BCUT2D eigenvalue weighted by Crippen LogP contribution is -2.29. The summed E-state index contributed by atoms with van der Waals surface area (Å²) in [5, 5.41) is 5.51. The van der Waals surface area contributed by atoms with E-state index in [1.807, 2.05) is 0 Å². The first kappa shape index (κ1) is 16.4. The Labute approximate surface area is 128 Å². The van der Waals surface area contributed by atoms with Crippen LogP contribution in [0.25, 0.3) is 0 Å². The van der Waals surface area contributed by atoms with Crippen LogP contribution in [0.4, 0.5) is 8.78 Å². The largest absolute Gasteiger partial charge is 0.356 e. The minimum absolute atomic E-state index is 0.0653. The predicted molar refractivity (Wildman–Crippen MR) is 77.9 cm³/mol. The summed E-state index contributed by atoms with van der Waals surface area (Å²) in [4.78, 5) is 23.2. The van der Waals surface area contributed by atoms with Crippen LogP contribution in [-0.4, -0.2) is 18.4 Å². The summed E-state index contributed by atoms with van der Waals surface area (Å²) in [6.45, 7) is 2.18. The molecule has 120 valence electrons. The molecule has 2 amide bonds. The van der Waals surface area contributed by atoms with E-state index in [0.717, 1.165) is 25.0 Å². The van der Waals surface area contributed by atoms with Gasteiger partial charge in [0, 0.05) is 18.9 Å². The molecule has 6 heteroatoms. The topological polar surface area (TPSA) is 58.2 Å². The van der Waals surface area contributed by atoms with Gasteiger partial charge in [-0.2, -0.15) is 0 Å². The molecule has 1 aliphatic rings. The van der Waals surface area contributed by atoms with Gasteiger partial charge in [-0.25, -0.2) is 8.78 Å². The lowest BCUT2D eigenvalue weighted by molar-refractivity contribution is -0.123. The first-order valence-corrected chi connectivity index (χ1v) is 7.49. The van der Waals surface area contributed by atoms with Crippen molar-refractivity contribution in [3.05, 3.63) is 35.4 Å². The third kappa shape index (κ3) is 4.79. The highest BCUT2D eigenvalue weighted by Gasteiger charge is 2.28. The van der Waals surface area contributed by atoms with E-state index >= 15 is 0 Å². The summed E-state index contributed by atoms with van der Waals surface area (Å²) >= 11 is 0. The lowest BCUT2D eigenvalue weighted by atomic mass is 10.1. The van der Waals surface area contributed by atoms with Gasteiger partial charge in [0.15, 0.2) is 11.6 Å². The molecule has 22 heavy (non-hydrogen) atoms. The van der Waals surface area contributed by atoms with Gasteiger partial charge in [-0.1, -0.05) is 6.07 Å². The number of hydrogen-bond acceptors (Lipinski definition) is 2. The fourth-order valence-corrected chi connectivity index (χ4v) is 2.13. The van der Waals surface area contributed by atoms with E-state index in [2.05, 4.69) is 10.6 Å². The van der Waals surface area contributed by atoms with E-state index in [4.69, 9.17) is 0 Å². The second kappa shape index (κ2) is 7.33. The third-order valence-corrected chi connectivity index (χ3v) is 3.65. The number of halogens is 2. The number of carbonyl (C=O) groups excluding carboxylic acids is 2. The maximum Gasteiger partial charge on any atom is 0.223 e. The third-order valence-electron chi connectivity index (χ3n) is 3.65. The first-order valence-electron chi connectivity index (χ1n) is 7.49. The Bertz CT molecular complexity index is 559. The quantitative estimate of drug-likeness (QED) is 0.760. The van der Waals surface area contributed by atoms with E-state index in [0.29, 0.717) is 18.5 Å². The van der Waals surface area contributed by atoms with Crippen LogP contribution in [-0.2, 0) is 9.59 Å². The van der Waals surface area contributed by atoms with Gasteiger partial charge in [0.25, 0.3) is 0 Å². The summed E-state index contributed by atoms with van der Waals surface area (Å²) in [5.41, 5.74) is 0.509. The molecule has 0 heterocycles. The normalized spacial score (nSPS) is 15.2. The van der Waals surface area contributed by atoms with E-state index in [1.165, 1.54) is 6.07 Å². The SMILES string of the molecule is C[C@H](NC(=O)CCCNC(=O)C1CC1)c1ccc(F)c(F)c1. The molecule has 1 aromatic rings. The van der Waals surface area contributed by atoms with Crippen molar-refractivity contribution < 1.29 is 18.4 Å². The van der Waals surface area contributed by atoms with Crippen molar-refractivity contribution in [2.24, 2.45) is 5.92 Å². The van der Waals surface area contributed by atoms with Crippen LogP contribution in [0, 0.1) is 17.6 Å². The van der Waals surface area contributed by atoms with Crippen molar-refractivity contribution in [3.8, 4) is 0 Å². The number of hydrogen-bond donors (Lipinski definition) is 2. The molecule has 0 bridgehead atoms. The first-order chi connectivity index (χ1) is 10.5. The van der Waals surface area contributed by atoms with Gasteiger partial charge in [-0.3, -0.25) is 9.59 Å². The minimum atomic E-state index is -0.929.